The zero-order valence-corrected chi connectivity index (χ0v) is 15.5. The molecule has 2 fully saturated rings. The van der Waals surface area contributed by atoms with E-state index in [0.717, 1.165) is 57.8 Å². The number of amides is 1. The zero-order chi connectivity index (χ0) is 17.6. The Kier molecular flexibility index (Phi) is 6.45. The van der Waals surface area contributed by atoms with Crippen molar-refractivity contribution in [3.8, 4) is 0 Å². The first-order valence-electron chi connectivity index (χ1n) is 9.60. The molecule has 1 N–H and O–H groups in total. The summed E-state index contributed by atoms with van der Waals surface area (Å²) in [7, 11) is 0. The number of carbonyl (C=O) groups is 1. The fourth-order valence-electron chi connectivity index (χ4n) is 3.89. The molecule has 1 atom stereocenters. The number of hydrogen-bond donors (Lipinski definition) is 1. The van der Waals surface area contributed by atoms with E-state index in [-0.39, 0.29) is 5.91 Å². The van der Waals surface area contributed by atoms with Gasteiger partial charge in [-0.2, -0.15) is 0 Å². The van der Waals surface area contributed by atoms with Crippen LogP contribution in [0.5, 0.6) is 0 Å². The SMILES string of the molecule is CCc1cccc(NC(=O)CN2CCN(C3CCOCC3)C[C@H]2C)c1. The van der Waals surface area contributed by atoms with Gasteiger partial charge in [-0.1, -0.05) is 19.1 Å². The molecule has 2 heterocycles. The van der Waals surface area contributed by atoms with Gasteiger partial charge in [-0.25, -0.2) is 0 Å². The van der Waals surface area contributed by atoms with Crippen molar-refractivity contribution in [2.75, 3.05) is 44.7 Å². The van der Waals surface area contributed by atoms with Crippen LogP contribution < -0.4 is 5.32 Å². The van der Waals surface area contributed by atoms with E-state index >= 15 is 0 Å². The van der Waals surface area contributed by atoms with E-state index in [1.807, 2.05) is 12.1 Å². The molecule has 1 aromatic carbocycles. The van der Waals surface area contributed by atoms with Crippen LogP contribution in [0.3, 0.4) is 0 Å². The molecule has 2 aliphatic rings. The fourth-order valence-corrected chi connectivity index (χ4v) is 3.89. The van der Waals surface area contributed by atoms with E-state index in [1.165, 1.54) is 5.56 Å². The minimum atomic E-state index is 0.0830. The smallest absolute Gasteiger partial charge is 0.238 e. The van der Waals surface area contributed by atoms with Gasteiger partial charge in [-0.15, -0.1) is 0 Å². The maximum Gasteiger partial charge on any atom is 0.238 e. The first kappa shape index (κ1) is 18.4. The molecule has 1 aromatic rings. The normalized spacial score (nSPS) is 23.5. The molecule has 3 rings (SSSR count). The zero-order valence-electron chi connectivity index (χ0n) is 15.5. The minimum Gasteiger partial charge on any atom is -0.381 e. The quantitative estimate of drug-likeness (QED) is 0.890. The van der Waals surface area contributed by atoms with Crippen molar-refractivity contribution in [3.05, 3.63) is 29.8 Å². The Morgan fingerprint density at radius 3 is 2.80 bits per heavy atom. The molecule has 0 saturated carbocycles. The van der Waals surface area contributed by atoms with Crippen molar-refractivity contribution in [2.45, 2.75) is 45.2 Å². The van der Waals surface area contributed by atoms with Gasteiger partial charge in [0.05, 0.1) is 6.54 Å². The van der Waals surface area contributed by atoms with Gasteiger partial charge in [0.2, 0.25) is 5.91 Å². The Morgan fingerprint density at radius 2 is 2.08 bits per heavy atom. The first-order chi connectivity index (χ1) is 12.2. The predicted molar refractivity (Wildman–Crippen MR) is 101 cm³/mol. The van der Waals surface area contributed by atoms with E-state index in [1.54, 1.807) is 0 Å². The third kappa shape index (κ3) is 5.03. The number of carbonyl (C=O) groups excluding carboxylic acids is 1. The number of rotatable bonds is 5. The standard InChI is InChI=1S/C20H31N3O2/c1-3-17-5-4-6-18(13-17)21-20(24)15-22-9-10-23(14-16(22)2)19-7-11-25-12-8-19/h4-6,13,16,19H,3,7-12,14-15H2,1-2H3,(H,21,24)/t16-/m1/s1. The molecule has 2 saturated heterocycles. The number of benzene rings is 1. The summed E-state index contributed by atoms with van der Waals surface area (Å²) in [6, 6.07) is 9.18. The number of aryl methyl sites for hydroxylation is 1. The Morgan fingerprint density at radius 1 is 1.28 bits per heavy atom. The van der Waals surface area contributed by atoms with E-state index in [4.69, 9.17) is 4.74 Å². The predicted octanol–water partition coefficient (Wildman–Crippen LogP) is 2.37. The highest BCUT2D eigenvalue weighted by atomic mass is 16.5. The highest BCUT2D eigenvalue weighted by molar-refractivity contribution is 5.92. The van der Waals surface area contributed by atoms with E-state index in [2.05, 4.69) is 41.1 Å². The molecule has 2 aliphatic heterocycles. The highest BCUT2D eigenvalue weighted by Gasteiger charge is 2.30. The highest BCUT2D eigenvalue weighted by Crippen LogP contribution is 2.19. The second-order valence-electron chi connectivity index (χ2n) is 7.26. The fraction of sp³-hybridized carbons (Fsp3) is 0.650. The van der Waals surface area contributed by atoms with Crippen LogP contribution in [0.15, 0.2) is 24.3 Å². The van der Waals surface area contributed by atoms with Gasteiger partial charge in [0.25, 0.3) is 0 Å². The van der Waals surface area contributed by atoms with E-state index < -0.39 is 0 Å². The lowest BCUT2D eigenvalue weighted by Crippen LogP contribution is -2.56. The Hall–Kier alpha value is -1.43. The van der Waals surface area contributed by atoms with Gasteiger partial charge >= 0.3 is 0 Å². The summed E-state index contributed by atoms with van der Waals surface area (Å²) < 4.78 is 5.47. The second kappa shape index (κ2) is 8.79. The molecule has 5 heteroatoms. The van der Waals surface area contributed by atoms with Gasteiger partial charge in [0.15, 0.2) is 0 Å². The molecular weight excluding hydrogens is 314 g/mol. The van der Waals surface area contributed by atoms with Crippen LogP contribution in [-0.4, -0.2) is 67.2 Å². The maximum atomic E-state index is 12.4. The Labute approximate surface area is 151 Å². The average Bonchev–Trinajstić information content (AvgIpc) is 2.64. The summed E-state index contributed by atoms with van der Waals surface area (Å²) in [4.78, 5) is 17.3. The van der Waals surface area contributed by atoms with Crippen molar-refractivity contribution in [1.29, 1.82) is 0 Å². The summed E-state index contributed by atoms with van der Waals surface area (Å²) in [5, 5.41) is 3.05. The summed E-state index contributed by atoms with van der Waals surface area (Å²) in [5.41, 5.74) is 2.15. The second-order valence-corrected chi connectivity index (χ2v) is 7.26. The van der Waals surface area contributed by atoms with Crippen LogP contribution >= 0.6 is 0 Å². The van der Waals surface area contributed by atoms with Crippen molar-refractivity contribution >= 4 is 11.6 Å². The number of ether oxygens (including phenoxy) is 1. The number of nitrogens with zero attached hydrogens (tertiary/aromatic N) is 2. The lowest BCUT2D eigenvalue weighted by Gasteiger charge is -2.44. The number of piperazine rings is 1. The first-order valence-corrected chi connectivity index (χ1v) is 9.60. The largest absolute Gasteiger partial charge is 0.381 e. The molecule has 0 bridgehead atoms. The number of anilines is 1. The van der Waals surface area contributed by atoms with Gasteiger partial charge in [0, 0.05) is 50.6 Å². The summed E-state index contributed by atoms with van der Waals surface area (Å²) >= 11 is 0. The van der Waals surface area contributed by atoms with E-state index in [9.17, 15) is 4.79 Å². The van der Waals surface area contributed by atoms with Crippen molar-refractivity contribution in [1.82, 2.24) is 9.80 Å². The summed E-state index contributed by atoms with van der Waals surface area (Å²) in [6.07, 6.45) is 3.26. The summed E-state index contributed by atoms with van der Waals surface area (Å²) in [6.45, 7) is 9.66. The van der Waals surface area contributed by atoms with Crippen molar-refractivity contribution in [3.63, 3.8) is 0 Å². The van der Waals surface area contributed by atoms with Crippen LogP contribution in [-0.2, 0) is 16.0 Å². The number of hydrogen-bond acceptors (Lipinski definition) is 4. The topological polar surface area (TPSA) is 44.8 Å². The Balaban J connectivity index is 1.48. The van der Waals surface area contributed by atoms with Crippen LogP contribution in [0.1, 0.15) is 32.3 Å². The number of nitrogens with one attached hydrogen (secondary N) is 1. The van der Waals surface area contributed by atoms with Gasteiger partial charge in [-0.05, 0) is 43.9 Å². The lowest BCUT2D eigenvalue weighted by molar-refractivity contribution is -0.118. The molecule has 0 aliphatic carbocycles. The minimum absolute atomic E-state index is 0.0830. The molecule has 5 nitrogen and oxygen atoms in total. The van der Waals surface area contributed by atoms with Crippen molar-refractivity contribution in [2.24, 2.45) is 0 Å². The van der Waals surface area contributed by atoms with Gasteiger partial charge < -0.3 is 10.1 Å². The van der Waals surface area contributed by atoms with Crippen molar-refractivity contribution < 1.29 is 9.53 Å². The monoisotopic (exact) mass is 345 g/mol. The third-order valence-corrected chi connectivity index (χ3v) is 5.47. The summed E-state index contributed by atoms with van der Waals surface area (Å²) in [5.74, 6) is 0.0830. The Bertz CT molecular complexity index is 572. The van der Waals surface area contributed by atoms with Crippen LogP contribution in [0.2, 0.25) is 0 Å². The molecule has 0 spiro atoms. The molecule has 0 unspecified atom stereocenters. The molecule has 0 radical (unpaired) electrons. The molecule has 25 heavy (non-hydrogen) atoms. The van der Waals surface area contributed by atoms with Crippen LogP contribution in [0, 0.1) is 0 Å². The van der Waals surface area contributed by atoms with Gasteiger partial charge in [-0.3, -0.25) is 14.6 Å². The van der Waals surface area contributed by atoms with Gasteiger partial charge in [0.1, 0.15) is 0 Å². The molecule has 1 amide bonds. The van der Waals surface area contributed by atoms with Crippen LogP contribution in [0.4, 0.5) is 5.69 Å². The van der Waals surface area contributed by atoms with Crippen LogP contribution in [0.25, 0.3) is 0 Å². The molecular formula is C20H31N3O2. The van der Waals surface area contributed by atoms with E-state index in [0.29, 0.717) is 18.6 Å². The lowest BCUT2D eigenvalue weighted by atomic mass is 10.0. The molecule has 138 valence electrons. The third-order valence-electron chi connectivity index (χ3n) is 5.47. The molecule has 0 aromatic heterocycles. The average molecular weight is 345 g/mol. The maximum absolute atomic E-state index is 12.4.